The summed E-state index contributed by atoms with van der Waals surface area (Å²) in [6.45, 7) is 6.11. The number of rotatable bonds is 11. The van der Waals surface area contributed by atoms with Crippen molar-refractivity contribution in [3.8, 4) is 0 Å². The topological polar surface area (TPSA) is 85.0 Å². The summed E-state index contributed by atoms with van der Waals surface area (Å²) >= 11 is 0. The van der Waals surface area contributed by atoms with Gasteiger partial charge in [-0.2, -0.15) is 0 Å². The fraction of sp³-hybridized carbons (Fsp3) is 0.375. The molecule has 0 saturated heterocycles. The lowest BCUT2D eigenvalue weighted by Gasteiger charge is -2.21. The molecule has 2 atom stereocenters. The number of amidine groups is 1. The zero-order valence-electron chi connectivity index (χ0n) is 16.9. The zero-order valence-corrected chi connectivity index (χ0v) is 16.9. The van der Waals surface area contributed by atoms with E-state index in [-0.39, 0.29) is 17.5 Å². The fourth-order valence-corrected chi connectivity index (χ4v) is 3.16. The van der Waals surface area contributed by atoms with Gasteiger partial charge in [0.15, 0.2) is 0 Å². The number of nitrogen functional groups attached to an aromatic ring is 1. The molecular formula is C24H32N3O-. The van der Waals surface area contributed by atoms with Crippen molar-refractivity contribution in [2.45, 2.75) is 39.7 Å². The Bertz CT molecular complexity index is 753. The van der Waals surface area contributed by atoms with Gasteiger partial charge in [0.25, 0.3) is 0 Å². The molecule has 0 aromatic heterocycles. The number of allylic oxidation sites excluding steroid dienone is 2. The lowest BCUT2D eigenvalue weighted by Crippen LogP contribution is -2.17. The van der Waals surface area contributed by atoms with E-state index in [9.17, 15) is 5.11 Å². The first kappa shape index (κ1) is 21.7. The van der Waals surface area contributed by atoms with Crippen molar-refractivity contribution < 1.29 is 5.11 Å². The van der Waals surface area contributed by atoms with Gasteiger partial charge in [-0.25, -0.2) is 0 Å². The van der Waals surface area contributed by atoms with Crippen LogP contribution in [0.1, 0.15) is 43.4 Å². The summed E-state index contributed by atoms with van der Waals surface area (Å²) in [5, 5.41) is 23.1. The lowest BCUT2D eigenvalue weighted by molar-refractivity contribution is -0.306. The van der Waals surface area contributed by atoms with Gasteiger partial charge in [0, 0.05) is 12.1 Å². The molecule has 0 heterocycles. The van der Waals surface area contributed by atoms with Crippen LogP contribution in [0.2, 0.25) is 0 Å². The summed E-state index contributed by atoms with van der Waals surface area (Å²) < 4.78 is 0. The highest BCUT2D eigenvalue weighted by Gasteiger charge is 2.09. The number of hydrogen-bond donors (Lipinski definition) is 3. The Kier molecular flexibility index (Phi) is 8.76. The lowest BCUT2D eigenvalue weighted by atomic mass is 9.90. The van der Waals surface area contributed by atoms with Crippen LogP contribution in [0.25, 0.3) is 0 Å². The summed E-state index contributed by atoms with van der Waals surface area (Å²) in [6.07, 6.45) is 4.55. The van der Waals surface area contributed by atoms with Crippen LogP contribution in [-0.2, 0) is 13.0 Å². The highest BCUT2D eigenvalue weighted by molar-refractivity contribution is 5.94. The van der Waals surface area contributed by atoms with Crippen LogP contribution >= 0.6 is 0 Å². The number of nitrogens with one attached hydrogen (secondary N) is 2. The van der Waals surface area contributed by atoms with Crippen molar-refractivity contribution >= 4 is 5.84 Å². The molecule has 2 unspecified atom stereocenters. The van der Waals surface area contributed by atoms with E-state index in [0.717, 1.165) is 37.1 Å². The quantitative estimate of drug-likeness (QED) is 0.242. The monoisotopic (exact) mass is 378 g/mol. The Balaban J connectivity index is 1.66. The number of benzene rings is 2. The average molecular weight is 379 g/mol. The second-order valence-electron chi connectivity index (χ2n) is 7.56. The molecule has 150 valence electrons. The molecule has 0 radical (unpaired) electrons. The summed E-state index contributed by atoms with van der Waals surface area (Å²) in [4.78, 5) is 0. The van der Waals surface area contributed by atoms with E-state index in [2.05, 4.69) is 19.2 Å². The maximum Gasteiger partial charge on any atom is 0.122 e. The van der Waals surface area contributed by atoms with E-state index in [1.807, 2.05) is 60.7 Å². The Hall–Kier alpha value is -2.59. The molecule has 2 aromatic carbocycles. The molecule has 0 fully saturated rings. The Morgan fingerprint density at radius 2 is 1.75 bits per heavy atom. The molecule has 4 heteroatoms. The highest BCUT2D eigenvalue weighted by Crippen LogP contribution is 2.19. The first-order valence-electron chi connectivity index (χ1n) is 10.0. The minimum absolute atomic E-state index is 0.0988. The van der Waals surface area contributed by atoms with Crippen LogP contribution in [0.5, 0.6) is 0 Å². The molecule has 0 saturated carbocycles. The smallest absolute Gasteiger partial charge is 0.122 e. The van der Waals surface area contributed by atoms with Gasteiger partial charge in [-0.15, -0.1) is 5.76 Å². The second-order valence-corrected chi connectivity index (χ2v) is 7.56. The fourth-order valence-electron chi connectivity index (χ4n) is 3.16. The molecule has 0 aliphatic rings. The summed E-state index contributed by atoms with van der Waals surface area (Å²) in [5.74, 6) is 1.08. The van der Waals surface area contributed by atoms with Crippen molar-refractivity contribution in [3.63, 3.8) is 0 Å². The van der Waals surface area contributed by atoms with Crippen LogP contribution in [0.15, 0.2) is 66.4 Å². The van der Waals surface area contributed by atoms with Crippen molar-refractivity contribution in [1.82, 2.24) is 5.32 Å². The highest BCUT2D eigenvalue weighted by atomic mass is 16.3. The third-order valence-electron chi connectivity index (χ3n) is 5.17. The van der Waals surface area contributed by atoms with E-state index < -0.39 is 0 Å². The van der Waals surface area contributed by atoms with E-state index in [1.54, 1.807) is 0 Å². The van der Waals surface area contributed by atoms with Gasteiger partial charge in [-0.1, -0.05) is 74.5 Å². The van der Waals surface area contributed by atoms with Gasteiger partial charge in [-0.3, -0.25) is 5.41 Å². The normalized spacial score (nSPS) is 13.9. The van der Waals surface area contributed by atoms with Gasteiger partial charge in [-0.05, 0) is 48.8 Å². The van der Waals surface area contributed by atoms with E-state index in [4.69, 9.17) is 11.1 Å². The van der Waals surface area contributed by atoms with Gasteiger partial charge in [0.05, 0.1) is 0 Å². The number of hydrogen-bond acceptors (Lipinski definition) is 3. The van der Waals surface area contributed by atoms with Gasteiger partial charge >= 0.3 is 0 Å². The third kappa shape index (κ3) is 7.57. The molecule has 0 amide bonds. The average Bonchev–Trinajstić information content (AvgIpc) is 2.68. The largest absolute Gasteiger partial charge is 0.875 e. The van der Waals surface area contributed by atoms with Crippen molar-refractivity contribution in [1.29, 1.82) is 5.41 Å². The predicted molar refractivity (Wildman–Crippen MR) is 115 cm³/mol. The molecule has 0 spiro atoms. The maximum atomic E-state index is 12.2. The van der Waals surface area contributed by atoms with Crippen molar-refractivity contribution in [3.05, 3.63) is 83.1 Å². The zero-order chi connectivity index (χ0) is 20.4. The summed E-state index contributed by atoms with van der Waals surface area (Å²) in [6, 6.07) is 17.7. The second kappa shape index (κ2) is 11.3. The van der Waals surface area contributed by atoms with Crippen LogP contribution in [0, 0.1) is 17.2 Å². The molecule has 28 heavy (non-hydrogen) atoms. The molecule has 4 nitrogen and oxygen atoms in total. The standard InChI is InChI=1S/C24H33N3O/c1-18(19(2)15-23(28)16-20-8-4-3-5-9-20)7-6-14-27-17-21-10-12-22(13-11-21)24(25)26/h3-5,8-13,15,18-19,27-28H,6-7,14,16-17H2,1-2H3,(H3,25,26)/p-1. The van der Waals surface area contributed by atoms with E-state index in [1.165, 1.54) is 5.56 Å². The minimum atomic E-state index is 0.0988. The minimum Gasteiger partial charge on any atom is -0.875 e. The van der Waals surface area contributed by atoms with Crippen LogP contribution < -0.4 is 16.2 Å². The molecule has 0 aliphatic carbocycles. The van der Waals surface area contributed by atoms with Crippen molar-refractivity contribution in [2.24, 2.45) is 17.6 Å². The van der Waals surface area contributed by atoms with Gasteiger partial charge in [0.1, 0.15) is 5.84 Å². The first-order chi connectivity index (χ1) is 13.5. The Labute approximate surface area is 169 Å². The summed E-state index contributed by atoms with van der Waals surface area (Å²) in [5.41, 5.74) is 8.48. The Morgan fingerprint density at radius 1 is 1.07 bits per heavy atom. The first-order valence-corrected chi connectivity index (χ1v) is 10.0. The SMILES string of the molecule is CC(C=C([O-])Cc1ccccc1)C(C)CCCNCc1ccc(C(=N)N)cc1. The van der Waals surface area contributed by atoms with E-state index in [0.29, 0.717) is 12.3 Å². The van der Waals surface area contributed by atoms with Gasteiger partial charge < -0.3 is 16.2 Å². The van der Waals surface area contributed by atoms with Gasteiger partial charge in [0.2, 0.25) is 0 Å². The molecule has 0 aliphatic heterocycles. The summed E-state index contributed by atoms with van der Waals surface area (Å²) in [7, 11) is 0. The predicted octanol–water partition coefficient (Wildman–Crippen LogP) is 3.60. The molecule has 2 aromatic rings. The van der Waals surface area contributed by atoms with Crippen LogP contribution in [0.4, 0.5) is 0 Å². The van der Waals surface area contributed by atoms with Crippen LogP contribution in [0.3, 0.4) is 0 Å². The molecule has 2 rings (SSSR count). The maximum absolute atomic E-state index is 12.2. The molecule has 0 bridgehead atoms. The van der Waals surface area contributed by atoms with E-state index >= 15 is 0 Å². The number of nitrogens with two attached hydrogens (primary N) is 1. The third-order valence-corrected chi connectivity index (χ3v) is 5.17. The molecule has 4 N–H and O–H groups in total. The Morgan fingerprint density at radius 3 is 2.39 bits per heavy atom. The molecular weight excluding hydrogens is 346 g/mol. The van der Waals surface area contributed by atoms with Crippen molar-refractivity contribution in [2.75, 3.05) is 6.54 Å². The van der Waals surface area contributed by atoms with Crippen LogP contribution in [-0.4, -0.2) is 12.4 Å².